The molecule has 3 rings (SSSR count). The number of methoxy groups -OCH3 is 1. The fourth-order valence-electron chi connectivity index (χ4n) is 2.17. The predicted molar refractivity (Wildman–Crippen MR) is 97.3 cm³/mol. The lowest BCUT2D eigenvalue weighted by atomic mass is 10.2. The number of carbonyl (C=O) groups excluding carboxylic acids is 1. The van der Waals surface area contributed by atoms with Gasteiger partial charge in [-0.25, -0.2) is 0 Å². The summed E-state index contributed by atoms with van der Waals surface area (Å²) in [7, 11) is 1.60. The first kappa shape index (κ1) is 17.2. The van der Waals surface area contributed by atoms with Crippen LogP contribution in [-0.2, 0) is 17.8 Å². The third kappa shape index (κ3) is 3.91. The number of aromatic amines is 1. The zero-order valence-corrected chi connectivity index (χ0v) is 15.3. The summed E-state index contributed by atoms with van der Waals surface area (Å²) in [6.07, 6.45) is 0.780. The molecule has 0 fully saturated rings. The van der Waals surface area contributed by atoms with E-state index in [0.29, 0.717) is 15.7 Å². The van der Waals surface area contributed by atoms with Crippen molar-refractivity contribution in [2.45, 2.75) is 19.9 Å². The van der Waals surface area contributed by atoms with Crippen LogP contribution in [0.15, 0.2) is 24.3 Å². The number of carbonyl (C=O) groups is 1. The molecule has 0 atom stereocenters. The molecule has 2 N–H and O–H groups in total. The van der Waals surface area contributed by atoms with Crippen LogP contribution >= 0.6 is 23.6 Å². The SMILES string of the molecule is CCc1nnc(NC(=O)Cn2c(-c3ccc(OC)cc3)n[nH]c2=S)s1. The summed E-state index contributed by atoms with van der Waals surface area (Å²) < 4.78 is 7.15. The second kappa shape index (κ2) is 7.53. The molecule has 0 aliphatic carbocycles. The fraction of sp³-hybridized carbons (Fsp3) is 0.267. The Labute approximate surface area is 152 Å². The molecule has 0 aliphatic rings. The molecule has 0 saturated heterocycles. The van der Waals surface area contributed by atoms with Crippen LogP contribution in [0.5, 0.6) is 5.75 Å². The molecule has 10 heteroatoms. The lowest BCUT2D eigenvalue weighted by Crippen LogP contribution is -2.19. The van der Waals surface area contributed by atoms with Crippen molar-refractivity contribution in [1.29, 1.82) is 0 Å². The van der Waals surface area contributed by atoms with Gasteiger partial charge >= 0.3 is 0 Å². The van der Waals surface area contributed by atoms with E-state index < -0.39 is 0 Å². The van der Waals surface area contributed by atoms with Gasteiger partial charge in [0.25, 0.3) is 0 Å². The van der Waals surface area contributed by atoms with Gasteiger partial charge in [-0.15, -0.1) is 10.2 Å². The van der Waals surface area contributed by atoms with E-state index in [9.17, 15) is 4.79 Å². The molecular formula is C15H16N6O2S2. The Balaban J connectivity index is 1.79. The van der Waals surface area contributed by atoms with E-state index in [1.54, 1.807) is 11.7 Å². The quantitative estimate of drug-likeness (QED) is 0.642. The van der Waals surface area contributed by atoms with E-state index in [0.717, 1.165) is 22.7 Å². The van der Waals surface area contributed by atoms with Crippen molar-refractivity contribution < 1.29 is 9.53 Å². The van der Waals surface area contributed by atoms with Gasteiger partial charge in [-0.1, -0.05) is 18.3 Å². The van der Waals surface area contributed by atoms with Crippen molar-refractivity contribution in [3.63, 3.8) is 0 Å². The first-order valence-electron chi connectivity index (χ1n) is 7.52. The Kier molecular flexibility index (Phi) is 5.19. The summed E-state index contributed by atoms with van der Waals surface area (Å²) in [5.74, 6) is 1.07. The number of nitrogens with one attached hydrogen (secondary N) is 2. The molecule has 0 radical (unpaired) electrons. The number of amides is 1. The van der Waals surface area contributed by atoms with Gasteiger partial charge in [-0.2, -0.15) is 5.10 Å². The van der Waals surface area contributed by atoms with Crippen LogP contribution in [0.2, 0.25) is 0 Å². The second-order valence-corrected chi connectivity index (χ2v) is 6.52. The summed E-state index contributed by atoms with van der Waals surface area (Å²) in [5.41, 5.74) is 0.824. The molecule has 130 valence electrons. The second-order valence-electron chi connectivity index (χ2n) is 5.07. The van der Waals surface area contributed by atoms with Crippen molar-refractivity contribution in [1.82, 2.24) is 25.0 Å². The number of hydrogen-bond acceptors (Lipinski definition) is 7. The van der Waals surface area contributed by atoms with Crippen LogP contribution < -0.4 is 10.1 Å². The molecule has 2 aromatic heterocycles. The number of rotatable bonds is 6. The van der Waals surface area contributed by atoms with Crippen LogP contribution in [-0.4, -0.2) is 38.0 Å². The van der Waals surface area contributed by atoms with Gasteiger partial charge in [0.15, 0.2) is 10.6 Å². The minimum absolute atomic E-state index is 0.0255. The third-order valence-electron chi connectivity index (χ3n) is 3.42. The van der Waals surface area contributed by atoms with Crippen molar-refractivity contribution in [3.05, 3.63) is 34.0 Å². The fourth-order valence-corrected chi connectivity index (χ4v) is 3.07. The average molecular weight is 376 g/mol. The minimum Gasteiger partial charge on any atom is -0.497 e. The molecule has 8 nitrogen and oxygen atoms in total. The number of ether oxygens (including phenoxy) is 1. The lowest BCUT2D eigenvalue weighted by Gasteiger charge is -2.07. The number of nitrogens with zero attached hydrogens (tertiary/aromatic N) is 4. The Hall–Kier alpha value is -2.59. The molecule has 1 aromatic carbocycles. The van der Waals surface area contributed by atoms with E-state index >= 15 is 0 Å². The first-order valence-corrected chi connectivity index (χ1v) is 8.75. The summed E-state index contributed by atoms with van der Waals surface area (Å²) in [5, 5.41) is 18.9. The van der Waals surface area contributed by atoms with Crippen molar-refractivity contribution >= 4 is 34.6 Å². The maximum absolute atomic E-state index is 12.3. The molecule has 1 amide bonds. The van der Waals surface area contributed by atoms with Crippen molar-refractivity contribution in [2.24, 2.45) is 0 Å². The topological polar surface area (TPSA) is 97.7 Å². The highest BCUT2D eigenvalue weighted by molar-refractivity contribution is 7.71. The molecule has 0 bridgehead atoms. The van der Waals surface area contributed by atoms with E-state index in [4.69, 9.17) is 17.0 Å². The third-order valence-corrected chi connectivity index (χ3v) is 4.72. The maximum Gasteiger partial charge on any atom is 0.246 e. The monoisotopic (exact) mass is 376 g/mol. The Bertz CT molecular complexity index is 928. The molecule has 0 aliphatic heterocycles. The summed E-state index contributed by atoms with van der Waals surface area (Å²) in [6, 6.07) is 7.36. The number of H-pyrrole nitrogens is 1. The zero-order valence-electron chi connectivity index (χ0n) is 13.6. The van der Waals surface area contributed by atoms with Crippen LogP contribution in [0.4, 0.5) is 5.13 Å². The van der Waals surface area contributed by atoms with Crippen LogP contribution in [0.3, 0.4) is 0 Å². The van der Waals surface area contributed by atoms with Gasteiger partial charge in [0, 0.05) is 5.56 Å². The van der Waals surface area contributed by atoms with Crippen LogP contribution in [0.25, 0.3) is 11.4 Å². The molecule has 0 saturated carbocycles. The molecule has 25 heavy (non-hydrogen) atoms. The van der Waals surface area contributed by atoms with Gasteiger partial charge in [-0.05, 0) is 42.9 Å². The highest BCUT2D eigenvalue weighted by Gasteiger charge is 2.14. The van der Waals surface area contributed by atoms with Gasteiger partial charge in [-0.3, -0.25) is 19.8 Å². The van der Waals surface area contributed by atoms with E-state index in [1.807, 2.05) is 31.2 Å². The molecule has 2 heterocycles. The number of hydrogen-bond donors (Lipinski definition) is 2. The van der Waals surface area contributed by atoms with Crippen LogP contribution in [0.1, 0.15) is 11.9 Å². The highest BCUT2D eigenvalue weighted by atomic mass is 32.1. The van der Waals surface area contributed by atoms with Gasteiger partial charge < -0.3 is 4.74 Å². The maximum atomic E-state index is 12.3. The molecule has 0 unspecified atom stereocenters. The van der Waals surface area contributed by atoms with Gasteiger partial charge in [0.05, 0.1) is 7.11 Å². The van der Waals surface area contributed by atoms with Crippen molar-refractivity contribution in [3.8, 4) is 17.1 Å². The van der Waals surface area contributed by atoms with Crippen LogP contribution in [0, 0.1) is 4.77 Å². The number of aryl methyl sites for hydroxylation is 1. The van der Waals surface area contributed by atoms with Crippen molar-refractivity contribution in [2.75, 3.05) is 12.4 Å². The number of anilines is 1. The highest BCUT2D eigenvalue weighted by Crippen LogP contribution is 2.21. The van der Waals surface area contributed by atoms with Gasteiger partial charge in [0.1, 0.15) is 17.3 Å². The summed E-state index contributed by atoms with van der Waals surface area (Å²) >= 11 is 6.60. The normalized spacial score (nSPS) is 10.6. The lowest BCUT2D eigenvalue weighted by molar-refractivity contribution is -0.116. The molecule has 3 aromatic rings. The Morgan fingerprint density at radius 3 is 2.76 bits per heavy atom. The Morgan fingerprint density at radius 1 is 1.36 bits per heavy atom. The zero-order chi connectivity index (χ0) is 17.8. The number of benzene rings is 1. The molecular weight excluding hydrogens is 360 g/mol. The van der Waals surface area contributed by atoms with Gasteiger partial charge in [0.2, 0.25) is 11.0 Å². The molecule has 0 spiro atoms. The summed E-state index contributed by atoms with van der Waals surface area (Å²) in [6.45, 7) is 2.01. The first-order chi connectivity index (χ1) is 12.1. The van der Waals surface area contributed by atoms with E-state index in [2.05, 4.69) is 25.7 Å². The standard InChI is InChI=1S/C15H16N6O2S2/c1-3-12-17-19-14(25-12)16-11(22)8-21-13(18-20-15(21)24)9-4-6-10(23-2)7-5-9/h4-7H,3,8H2,1-2H3,(H,20,24)(H,16,19,22). The van der Waals surface area contributed by atoms with E-state index in [-0.39, 0.29) is 12.5 Å². The smallest absolute Gasteiger partial charge is 0.246 e. The number of aromatic nitrogens is 5. The Morgan fingerprint density at radius 2 is 2.12 bits per heavy atom. The predicted octanol–water partition coefficient (Wildman–Crippen LogP) is 2.67. The minimum atomic E-state index is -0.244. The largest absolute Gasteiger partial charge is 0.497 e. The van der Waals surface area contributed by atoms with E-state index in [1.165, 1.54) is 11.3 Å². The average Bonchev–Trinajstić information content (AvgIpc) is 3.22. The summed E-state index contributed by atoms with van der Waals surface area (Å²) in [4.78, 5) is 12.3.